The Bertz CT molecular complexity index is 735. The maximum Gasteiger partial charge on any atom is 0.252 e. The van der Waals surface area contributed by atoms with Gasteiger partial charge >= 0.3 is 0 Å². The number of hydrogen-bond acceptors (Lipinski definition) is 6. The lowest BCUT2D eigenvalue weighted by Gasteiger charge is -2.39. The molecule has 0 bridgehead atoms. The van der Waals surface area contributed by atoms with Crippen molar-refractivity contribution >= 4 is 27.3 Å². The van der Waals surface area contributed by atoms with Crippen molar-refractivity contribution in [2.24, 2.45) is 5.92 Å². The third-order valence-electron chi connectivity index (χ3n) is 5.50. The molecule has 0 radical (unpaired) electrons. The zero-order valence-corrected chi connectivity index (χ0v) is 18.5. The fourth-order valence-electron chi connectivity index (χ4n) is 4.10. The highest BCUT2D eigenvalue weighted by atomic mass is 32.2. The molecule has 0 aromatic carbocycles. The number of carbonyl (C=O) groups is 1. The Kier molecular flexibility index (Phi) is 7.14. The summed E-state index contributed by atoms with van der Waals surface area (Å²) in [6.45, 7) is 8.51. The minimum Gasteiger partial charge on any atom is -0.373 e. The molecule has 1 aromatic rings. The summed E-state index contributed by atoms with van der Waals surface area (Å²) in [5, 5.41) is 1.73. The van der Waals surface area contributed by atoms with Crippen LogP contribution in [0.2, 0.25) is 0 Å². The van der Waals surface area contributed by atoms with Crippen LogP contribution in [0, 0.1) is 5.92 Å². The molecule has 0 saturated carbocycles. The van der Waals surface area contributed by atoms with Gasteiger partial charge in [0.25, 0.3) is 10.0 Å². The van der Waals surface area contributed by atoms with Gasteiger partial charge in [0.1, 0.15) is 4.21 Å². The molecule has 2 fully saturated rings. The number of likely N-dealkylation sites (tertiary alicyclic amines) is 1. The van der Waals surface area contributed by atoms with Crippen LogP contribution in [0.3, 0.4) is 0 Å². The van der Waals surface area contributed by atoms with Crippen LogP contribution in [0.25, 0.3) is 0 Å². The van der Waals surface area contributed by atoms with Crippen molar-refractivity contribution in [3.63, 3.8) is 0 Å². The van der Waals surface area contributed by atoms with E-state index in [1.165, 1.54) is 18.4 Å². The summed E-state index contributed by atoms with van der Waals surface area (Å²) in [4.78, 5) is 16.9. The standard InChI is InChI=1S/C19H31N3O4S2/c1-15-11-21(12-16(2)26-15)13-17-6-8-22(9-7-17)18(23)14-20(3)28(24,25)19-5-4-10-27-19/h4-5,10,15-17H,6-9,11-14H2,1-3H3. The zero-order chi connectivity index (χ0) is 20.3. The smallest absolute Gasteiger partial charge is 0.252 e. The SMILES string of the molecule is CC1CN(CC2CCN(C(=O)CN(C)S(=O)(=O)c3cccs3)CC2)CC(C)O1. The van der Waals surface area contributed by atoms with Gasteiger partial charge in [-0.1, -0.05) is 6.07 Å². The second kappa shape index (κ2) is 9.21. The maximum absolute atomic E-state index is 12.6. The molecule has 7 nitrogen and oxygen atoms in total. The average molecular weight is 430 g/mol. The van der Waals surface area contributed by atoms with E-state index in [0.29, 0.717) is 19.0 Å². The van der Waals surface area contributed by atoms with E-state index in [9.17, 15) is 13.2 Å². The van der Waals surface area contributed by atoms with Crippen molar-refractivity contribution in [1.29, 1.82) is 0 Å². The number of thiophene rings is 1. The Hall–Kier alpha value is -1.00. The van der Waals surface area contributed by atoms with E-state index in [4.69, 9.17) is 4.74 Å². The van der Waals surface area contributed by atoms with E-state index in [1.54, 1.807) is 17.5 Å². The number of ether oxygens (including phenoxy) is 1. The molecule has 1 amide bonds. The highest BCUT2D eigenvalue weighted by Gasteiger charge is 2.30. The number of carbonyl (C=O) groups excluding carboxylic acids is 1. The predicted molar refractivity (Wildman–Crippen MR) is 110 cm³/mol. The van der Waals surface area contributed by atoms with E-state index in [1.807, 2.05) is 4.90 Å². The fraction of sp³-hybridized carbons (Fsp3) is 0.737. The number of likely N-dealkylation sites (N-methyl/N-ethyl adjacent to an activating group) is 1. The van der Waals surface area contributed by atoms with Crippen LogP contribution in [-0.2, 0) is 19.6 Å². The van der Waals surface area contributed by atoms with Crippen LogP contribution in [0.1, 0.15) is 26.7 Å². The van der Waals surface area contributed by atoms with Crippen molar-refractivity contribution in [1.82, 2.24) is 14.1 Å². The van der Waals surface area contributed by atoms with E-state index >= 15 is 0 Å². The normalized spacial score (nSPS) is 25.4. The van der Waals surface area contributed by atoms with Gasteiger partial charge in [-0.2, -0.15) is 4.31 Å². The van der Waals surface area contributed by atoms with Gasteiger partial charge in [-0.05, 0) is 44.1 Å². The number of rotatable bonds is 6. The summed E-state index contributed by atoms with van der Waals surface area (Å²) >= 11 is 1.17. The molecule has 2 aliphatic heterocycles. The number of morpholine rings is 1. The summed E-state index contributed by atoms with van der Waals surface area (Å²) in [7, 11) is -2.11. The van der Waals surface area contributed by atoms with Gasteiger partial charge < -0.3 is 9.64 Å². The van der Waals surface area contributed by atoms with E-state index in [-0.39, 0.29) is 28.9 Å². The first-order valence-corrected chi connectivity index (χ1v) is 12.2. The summed E-state index contributed by atoms with van der Waals surface area (Å²) in [5.74, 6) is 0.462. The molecule has 9 heteroatoms. The van der Waals surface area contributed by atoms with E-state index < -0.39 is 10.0 Å². The molecule has 2 saturated heterocycles. The van der Waals surface area contributed by atoms with Crippen molar-refractivity contribution in [3.8, 4) is 0 Å². The largest absolute Gasteiger partial charge is 0.373 e. The Morgan fingerprint density at radius 3 is 2.46 bits per heavy atom. The Morgan fingerprint density at radius 2 is 1.89 bits per heavy atom. The van der Waals surface area contributed by atoms with E-state index in [0.717, 1.165) is 36.8 Å². The molecule has 28 heavy (non-hydrogen) atoms. The number of nitrogens with zero attached hydrogens (tertiary/aromatic N) is 3. The first-order chi connectivity index (χ1) is 13.3. The van der Waals surface area contributed by atoms with Gasteiger partial charge in [0.2, 0.25) is 5.91 Å². The van der Waals surface area contributed by atoms with Gasteiger partial charge in [-0.25, -0.2) is 8.42 Å². The van der Waals surface area contributed by atoms with Crippen LogP contribution >= 0.6 is 11.3 Å². The van der Waals surface area contributed by atoms with Crippen LogP contribution < -0.4 is 0 Å². The average Bonchev–Trinajstić information content (AvgIpc) is 3.16. The molecule has 0 aliphatic carbocycles. The molecule has 2 unspecified atom stereocenters. The first kappa shape index (κ1) is 21.7. The number of piperidine rings is 1. The second-order valence-electron chi connectivity index (χ2n) is 7.99. The minimum atomic E-state index is -3.58. The lowest BCUT2D eigenvalue weighted by molar-refractivity contribution is -0.132. The molecule has 158 valence electrons. The van der Waals surface area contributed by atoms with Crippen molar-refractivity contribution in [2.75, 3.05) is 46.3 Å². The summed E-state index contributed by atoms with van der Waals surface area (Å²) < 4.78 is 32.2. The quantitative estimate of drug-likeness (QED) is 0.689. The minimum absolute atomic E-state index is 0.108. The number of sulfonamides is 1. The highest BCUT2D eigenvalue weighted by molar-refractivity contribution is 7.91. The Morgan fingerprint density at radius 1 is 1.25 bits per heavy atom. The third kappa shape index (κ3) is 5.33. The van der Waals surface area contributed by atoms with Crippen LogP contribution in [-0.4, -0.2) is 87.0 Å². The lowest BCUT2D eigenvalue weighted by atomic mass is 9.95. The first-order valence-electron chi connectivity index (χ1n) is 9.91. The van der Waals surface area contributed by atoms with Gasteiger partial charge in [0.05, 0.1) is 18.8 Å². The number of amides is 1. The molecule has 3 rings (SSSR count). The lowest BCUT2D eigenvalue weighted by Crippen LogP contribution is -2.49. The van der Waals surface area contributed by atoms with Gasteiger partial charge in [0, 0.05) is 39.8 Å². The molecule has 3 heterocycles. The third-order valence-corrected chi connectivity index (χ3v) is 8.67. The molecule has 0 spiro atoms. The van der Waals surface area contributed by atoms with Crippen molar-refractivity contribution in [2.45, 2.75) is 43.1 Å². The van der Waals surface area contributed by atoms with E-state index in [2.05, 4.69) is 18.7 Å². The second-order valence-corrected chi connectivity index (χ2v) is 11.2. The van der Waals surface area contributed by atoms with Crippen LogP contribution in [0.4, 0.5) is 0 Å². The molecule has 2 aliphatic rings. The van der Waals surface area contributed by atoms with Crippen LogP contribution in [0.5, 0.6) is 0 Å². The summed E-state index contributed by atoms with van der Waals surface area (Å²) in [5.41, 5.74) is 0. The van der Waals surface area contributed by atoms with Gasteiger partial charge in [-0.3, -0.25) is 9.69 Å². The zero-order valence-electron chi connectivity index (χ0n) is 16.9. The number of hydrogen-bond donors (Lipinski definition) is 0. The molecule has 1 aromatic heterocycles. The highest BCUT2D eigenvalue weighted by Crippen LogP contribution is 2.22. The van der Waals surface area contributed by atoms with Gasteiger partial charge in [-0.15, -0.1) is 11.3 Å². The molecular formula is C19H31N3O4S2. The Balaban J connectivity index is 1.46. The topological polar surface area (TPSA) is 70.2 Å². The monoisotopic (exact) mass is 429 g/mol. The van der Waals surface area contributed by atoms with Crippen molar-refractivity contribution < 1.29 is 17.9 Å². The fourth-order valence-corrected chi connectivity index (χ4v) is 6.42. The molecular weight excluding hydrogens is 398 g/mol. The molecule has 0 N–H and O–H groups in total. The molecule has 2 atom stereocenters. The van der Waals surface area contributed by atoms with Crippen molar-refractivity contribution in [3.05, 3.63) is 17.5 Å². The van der Waals surface area contributed by atoms with Crippen LogP contribution in [0.15, 0.2) is 21.7 Å². The summed E-state index contributed by atoms with van der Waals surface area (Å²) in [6.07, 6.45) is 2.47. The summed E-state index contributed by atoms with van der Waals surface area (Å²) in [6, 6.07) is 3.27. The maximum atomic E-state index is 12.6. The Labute approximate surface area is 172 Å². The van der Waals surface area contributed by atoms with Gasteiger partial charge in [0.15, 0.2) is 0 Å². The predicted octanol–water partition coefficient (Wildman–Crippen LogP) is 1.72.